The standard InChI is InChI=1S/C23H20ClN3O/c1-15(16-8-4-3-5-9-16)26-23-25-14-17-12-19(18-10-6-7-11-20(18)24)22(28-2)13-21(17)27-23/h3-15H,1-2H3,(H,25,26,27). The van der Waals surface area contributed by atoms with Crippen LogP contribution in [0.3, 0.4) is 0 Å². The van der Waals surface area contributed by atoms with Crippen LogP contribution in [-0.4, -0.2) is 17.1 Å². The van der Waals surface area contributed by atoms with Gasteiger partial charge in [0.15, 0.2) is 0 Å². The molecule has 0 radical (unpaired) electrons. The van der Waals surface area contributed by atoms with Crippen molar-refractivity contribution in [1.29, 1.82) is 0 Å². The lowest BCUT2D eigenvalue weighted by Gasteiger charge is -2.15. The van der Waals surface area contributed by atoms with E-state index in [9.17, 15) is 0 Å². The number of fused-ring (bicyclic) bond motifs is 1. The Balaban J connectivity index is 1.71. The molecule has 1 aromatic heterocycles. The number of anilines is 1. The Hall–Kier alpha value is -3.11. The highest BCUT2D eigenvalue weighted by molar-refractivity contribution is 6.33. The number of rotatable bonds is 5. The molecule has 140 valence electrons. The molecule has 1 unspecified atom stereocenters. The monoisotopic (exact) mass is 389 g/mol. The predicted molar refractivity (Wildman–Crippen MR) is 115 cm³/mol. The summed E-state index contributed by atoms with van der Waals surface area (Å²) in [5.41, 5.74) is 3.83. The highest BCUT2D eigenvalue weighted by atomic mass is 35.5. The molecule has 0 aliphatic rings. The van der Waals surface area contributed by atoms with E-state index in [-0.39, 0.29) is 6.04 Å². The topological polar surface area (TPSA) is 47.0 Å². The zero-order valence-corrected chi connectivity index (χ0v) is 16.4. The lowest BCUT2D eigenvalue weighted by atomic mass is 10.0. The lowest BCUT2D eigenvalue weighted by Crippen LogP contribution is -2.09. The number of halogens is 1. The van der Waals surface area contributed by atoms with Gasteiger partial charge in [0, 0.05) is 33.8 Å². The van der Waals surface area contributed by atoms with Crippen LogP contribution in [0.5, 0.6) is 5.75 Å². The molecule has 5 heteroatoms. The van der Waals surface area contributed by atoms with E-state index in [1.54, 1.807) is 7.11 Å². The van der Waals surface area contributed by atoms with Gasteiger partial charge in [0.05, 0.1) is 18.7 Å². The molecular weight excluding hydrogens is 370 g/mol. The van der Waals surface area contributed by atoms with Crippen LogP contribution in [0.4, 0.5) is 5.95 Å². The van der Waals surface area contributed by atoms with Gasteiger partial charge in [0.1, 0.15) is 5.75 Å². The average Bonchev–Trinajstić information content (AvgIpc) is 2.74. The van der Waals surface area contributed by atoms with Crippen LogP contribution in [0, 0.1) is 0 Å². The summed E-state index contributed by atoms with van der Waals surface area (Å²) in [6, 6.07) is 22.0. The minimum Gasteiger partial charge on any atom is -0.496 e. The summed E-state index contributed by atoms with van der Waals surface area (Å²) in [6.07, 6.45) is 1.82. The van der Waals surface area contributed by atoms with Crippen LogP contribution in [0.1, 0.15) is 18.5 Å². The maximum absolute atomic E-state index is 6.38. The molecule has 4 nitrogen and oxygen atoms in total. The summed E-state index contributed by atoms with van der Waals surface area (Å²) in [6.45, 7) is 2.09. The second-order valence-corrected chi connectivity index (χ2v) is 6.97. The third-order valence-electron chi connectivity index (χ3n) is 4.71. The number of nitrogens with zero attached hydrogens (tertiary/aromatic N) is 2. The zero-order valence-electron chi connectivity index (χ0n) is 15.7. The Labute approximate surface area is 169 Å². The highest BCUT2D eigenvalue weighted by Crippen LogP contribution is 2.37. The van der Waals surface area contributed by atoms with E-state index in [1.807, 2.05) is 60.8 Å². The molecule has 0 aliphatic carbocycles. The van der Waals surface area contributed by atoms with Gasteiger partial charge in [-0.2, -0.15) is 0 Å². The van der Waals surface area contributed by atoms with E-state index in [0.29, 0.717) is 11.0 Å². The van der Waals surface area contributed by atoms with Crippen LogP contribution in [-0.2, 0) is 0 Å². The van der Waals surface area contributed by atoms with Crippen molar-refractivity contribution in [2.45, 2.75) is 13.0 Å². The largest absolute Gasteiger partial charge is 0.496 e. The van der Waals surface area contributed by atoms with Crippen LogP contribution in [0.2, 0.25) is 5.02 Å². The van der Waals surface area contributed by atoms with Crippen molar-refractivity contribution >= 4 is 28.5 Å². The smallest absolute Gasteiger partial charge is 0.223 e. The van der Waals surface area contributed by atoms with Gasteiger partial charge < -0.3 is 10.1 Å². The first-order chi connectivity index (χ1) is 13.7. The number of ether oxygens (including phenoxy) is 1. The van der Waals surface area contributed by atoms with Crippen molar-refractivity contribution in [1.82, 2.24) is 9.97 Å². The maximum Gasteiger partial charge on any atom is 0.223 e. The molecule has 1 N–H and O–H groups in total. The molecule has 4 rings (SSSR count). The first-order valence-corrected chi connectivity index (χ1v) is 9.44. The van der Waals surface area contributed by atoms with Crippen molar-refractivity contribution in [3.05, 3.63) is 83.5 Å². The number of methoxy groups -OCH3 is 1. The fourth-order valence-corrected chi connectivity index (χ4v) is 3.44. The summed E-state index contributed by atoms with van der Waals surface area (Å²) < 4.78 is 5.61. The van der Waals surface area contributed by atoms with Crippen molar-refractivity contribution in [3.63, 3.8) is 0 Å². The molecule has 1 atom stereocenters. The second-order valence-electron chi connectivity index (χ2n) is 6.56. The fourth-order valence-electron chi connectivity index (χ4n) is 3.21. The molecule has 0 spiro atoms. The Kier molecular flexibility index (Phi) is 5.13. The molecule has 0 saturated carbocycles. The lowest BCUT2D eigenvalue weighted by molar-refractivity contribution is 0.417. The first kappa shape index (κ1) is 18.3. The summed E-state index contributed by atoms with van der Waals surface area (Å²) in [7, 11) is 1.65. The van der Waals surface area contributed by atoms with Crippen LogP contribution >= 0.6 is 11.6 Å². The summed E-state index contributed by atoms with van der Waals surface area (Å²) in [5, 5.41) is 4.96. The molecule has 28 heavy (non-hydrogen) atoms. The zero-order chi connectivity index (χ0) is 19.5. The van der Waals surface area contributed by atoms with Crippen LogP contribution < -0.4 is 10.1 Å². The Bertz CT molecular complexity index is 1120. The van der Waals surface area contributed by atoms with Crippen molar-refractivity contribution in [3.8, 4) is 16.9 Å². The molecule has 0 aliphatic heterocycles. The Morgan fingerprint density at radius 3 is 2.46 bits per heavy atom. The van der Waals surface area contributed by atoms with E-state index in [4.69, 9.17) is 16.3 Å². The van der Waals surface area contributed by atoms with E-state index < -0.39 is 0 Å². The van der Waals surface area contributed by atoms with Gasteiger partial charge in [-0.1, -0.05) is 60.1 Å². The van der Waals surface area contributed by atoms with Crippen molar-refractivity contribution in [2.24, 2.45) is 0 Å². The van der Waals surface area contributed by atoms with Gasteiger partial charge in [0.2, 0.25) is 5.95 Å². The maximum atomic E-state index is 6.38. The Morgan fingerprint density at radius 2 is 1.71 bits per heavy atom. The second kappa shape index (κ2) is 7.87. The third kappa shape index (κ3) is 3.64. The molecule has 1 heterocycles. The van der Waals surface area contributed by atoms with Gasteiger partial charge in [0.25, 0.3) is 0 Å². The molecule has 3 aromatic carbocycles. The van der Waals surface area contributed by atoms with Crippen LogP contribution in [0.15, 0.2) is 72.9 Å². The number of benzene rings is 3. The van der Waals surface area contributed by atoms with Gasteiger partial charge in [-0.25, -0.2) is 9.97 Å². The van der Waals surface area contributed by atoms with Gasteiger partial charge in [-0.05, 0) is 24.6 Å². The van der Waals surface area contributed by atoms with Crippen molar-refractivity contribution in [2.75, 3.05) is 12.4 Å². The quantitative estimate of drug-likeness (QED) is 0.446. The SMILES string of the molecule is COc1cc2nc(NC(C)c3ccccc3)ncc2cc1-c1ccccc1Cl. The molecule has 0 amide bonds. The molecular formula is C23H20ClN3O. The minimum atomic E-state index is 0.0999. The first-order valence-electron chi connectivity index (χ1n) is 9.07. The number of hydrogen-bond acceptors (Lipinski definition) is 4. The molecule has 0 saturated heterocycles. The van der Waals surface area contributed by atoms with E-state index >= 15 is 0 Å². The highest BCUT2D eigenvalue weighted by Gasteiger charge is 2.13. The number of hydrogen-bond donors (Lipinski definition) is 1. The van der Waals surface area contributed by atoms with E-state index in [0.717, 1.165) is 27.8 Å². The van der Waals surface area contributed by atoms with Crippen molar-refractivity contribution < 1.29 is 4.74 Å². The summed E-state index contributed by atoms with van der Waals surface area (Å²) in [4.78, 5) is 9.16. The van der Waals surface area contributed by atoms with Gasteiger partial charge >= 0.3 is 0 Å². The molecule has 4 aromatic rings. The van der Waals surface area contributed by atoms with E-state index in [2.05, 4.69) is 34.3 Å². The third-order valence-corrected chi connectivity index (χ3v) is 5.04. The fraction of sp³-hybridized carbons (Fsp3) is 0.130. The summed E-state index contributed by atoms with van der Waals surface area (Å²) >= 11 is 6.38. The average molecular weight is 390 g/mol. The number of nitrogens with one attached hydrogen (secondary N) is 1. The minimum absolute atomic E-state index is 0.0999. The predicted octanol–water partition coefficient (Wildman–Crippen LogP) is 6.13. The van der Waals surface area contributed by atoms with Gasteiger partial charge in [-0.15, -0.1) is 0 Å². The molecule has 0 fully saturated rings. The number of aromatic nitrogens is 2. The van der Waals surface area contributed by atoms with Crippen LogP contribution in [0.25, 0.3) is 22.0 Å². The van der Waals surface area contributed by atoms with E-state index in [1.165, 1.54) is 5.56 Å². The normalized spacial score (nSPS) is 12.0. The summed E-state index contributed by atoms with van der Waals surface area (Å²) in [5.74, 6) is 1.30. The Morgan fingerprint density at radius 1 is 0.964 bits per heavy atom. The molecule has 0 bridgehead atoms. The van der Waals surface area contributed by atoms with Gasteiger partial charge in [-0.3, -0.25) is 0 Å².